The lowest BCUT2D eigenvalue weighted by Gasteiger charge is -2.67. The summed E-state index contributed by atoms with van der Waals surface area (Å²) in [6, 6.07) is 21.8. The average Bonchev–Trinajstić information content (AvgIpc) is 2.67. The fraction of sp³-hybridized carbons (Fsp3) is 0.458. The largest absolute Gasteiger partial charge is 0.393 e. The second kappa shape index (κ2) is 6.06. The number of hydrogen-bond donors (Lipinski definition) is 1. The van der Waals surface area contributed by atoms with Crippen molar-refractivity contribution >= 4 is 28.8 Å². The van der Waals surface area contributed by atoms with E-state index in [2.05, 4.69) is 60.7 Å². The molecular formula is C24H26ClNS. The van der Waals surface area contributed by atoms with Gasteiger partial charge in [-0.25, -0.2) is 0 Å². The van der Waals surface area contributed by atoms with Gasteiger partial charge in [0.05, 0.1) is 9.86 Å². The number of rotatable bonds is 4. The topological polar surface area (TPSA) is 26.0 Å². The van der Waals surface area contributed by atoms with Crippen molar-refractivity contribution in [3.8, 4) is 0 Å². The third kappa shape index (κ3) is 2.60. The van der Waals surface area contributed by atoms with E-state index < -0.39 is 0 Å². The van der Waals surface area contributed by atoms with Crippen LogP contribution in [0.2, 0.25) is 0 Å². The van der Waals surface area contributed by atoms with Crippen LogP contribution in [0.1, 0.15) is 43.2 Å². The monoisotopic (exact) mass is 395 g/mol. The first-order valence-corrected chi connectivity index (χ1v) is 10.8. The zero-order valence-electron chi connectivity index (χ0n) is 15.5. The number of thiocarbonyl (C=S) groups is 1. The smallest absolute Gasteiger partial charge is 0.0790 e. The lowest BCUT2D eigenvalue weighted by atomic mass is 9.39. The highest BCUT2D eigenvalue weighted by Gasteiger charge is 2.67. The maximum absolute atomic E-state index is 7.50. The van der Waals surface area contributed by atoms with Gasteiger partial charge in [0.15, 0.2) is 0 Å². The molecule has 0 heterocycles. The SMILES string of the molecule is NC(=S)C12CC3CC(c4ccccc4)(CC(C1)C3(Cl)Cc1ccccc1)C2. The molecular weight excluding hydrogens is 370 g/mol. The molecule has 4 aliphatic carbocycles. The number of halogens is 1. The second-order valence-corrected chi connectivity index (χ2v) is 10.4. The Morgan fingerprint density at radius 1 is 0.926 bits per heavy atom. The normalized spacial score (nSPS) is 39.4. The molecule has 4 aliphatic rings. The lowest BCUT2D eigenvalue weighted by Crippen LogP contribution is -2.66. The van der Waals surface area contributed by atoms with Crippen molar-refractivity contribution in [2.75, 3.05) is 0 Å². The van der Waals surface area contributed by atoms with Crippen LogP contribution in [-0.4, -0.2) is 9.86 Å². The minimum Gasteiger partial charge on any atom is -0.393 e. The highest BCUT2D eigenvalue weighted by atomic mass is 35.5. The molecule has 6 rings (SSSR count). The molecule has 1 nitrogen and oxygen atoms in total. The summed E-state index contributed by atoms with van der Waals surface area (Å²) < 4.78 is 0. The molecule has 4 bridgehead atoms. The summed E-state index contributed by atoms with van der Waals surface area (Å²) in [6.07, 6.45) is 6.49. The summed E-state index contributed by atoms with van der Waals surface area (Å²) in [7, 11) is 0. The Bertz CT molecular complexity index is 846. The third-order valence-corrected chi connectivity index (χ3v) is 8.99. The molecule has 0 aromatic heterocycles. The number of benzene rings is 2. The molecule has 2 unspecified atom stereocenters. The van der Waals surface area contributed by atoms with Crippen molar-refractivity contribution in [2.24, 2.45) is 23.0 Å². The first-order valence-electron chi connectivity index (χ1n) is 10.0. The van der Waals surface area contributed by atoms with Gasteiger partial charge < -0.3 is 5.73 Å². The van der Waals surface area contributed by atoms with E-state index in [1.807, 2.05) is 0 Å². The van der Waals surface area contributed by atoms with E-state index in [9.17, 15) is 0 Å². The van der Waals surface area contributed by atoms with Crippen molar-refractivity contribution in [1.29, 1.82) is 0 Å². The van der Waals surface area contributed by atoms with Crippen LogP contribution in [0.4, 0.5) is 0 Å². The van der Waals surface area contributed by atoms with Gasteiger partial charge in [-0.2, -0.15) is 0 Å². The summed E-state index contributed by atoms with van der Waals surface area (Å²) in [4.78, 5) is 0.546. The van der Waals surface area contributed by atoms with Gasteiger partial charge in [-0.3, -0.25) is 0 Å². The van der Waals surface area contributed by atoms with Crippen LogP contribution in [0, 0.1) is 17.3 Å². The molecule has 2 aromatic carbocycles. The molecule has 2 atom stereocenters. The molecule has 140 valence electrons. The van der Waals surface area contributed by atoms with E-state index >= 15 is 0 Å². The summed E-state index contributed by atoms with van der Waals surface area (Å²) in [5, 5.41) is 0. The maximum Gasteiger partial charge on any atom is 0.0790 e. The van der Waals surface area contributed by atoms with Gasteiger partial charge in [-0.15, -0.1) is 11.6 Å². The van der Waals surface area contributed by atoms with E-state index in [1.54, 1.807) is 0 Å². The number of nitrogens with two attached hydrogens (primary N) is 1. The first kappa shape index (κ1) is 17.7. The van der Waals surface area contributed by atoms with Crippen LogP contribution in [0.25, 0.3) is 0 Å². The number of alkyl halides is 1. The molecule has 0 spiro atoms. The van der Waals surface area contributed by atoms with Gasteiger partial charge >= 0.3 is 0 Å². The molecule has 0 saturated heterocycles. The van der Waals surface area contributed by atoms with Crippen molar-refractivity contribution in [3.05, 3.63) is 71.8 Å². The minimum absolute atomic E-state index is 0.00785. The van der Waals surface area contributed by atoms with Gasteiger partial charge in [0.25, 0.3) is 0 Å². The zero-order valence-corrected chi connectivity index (χ0v) is 17.1. The van der Waals surface area contributed by atoms with Crippen LogP contribution in [-0.2, 0) is 11.8 Å². The fourth-order valence-corrected chi connectivity index (χ4v) is 7.46. The molecule has 27 heavy (non-hydrogen) atoms. The predicted octanol–water partition coefficient (Wildman–Crippen LogP) is 5.64. The second-order valence-electron chi connectivity index (χ2n) is 9.27. The van der Waals surface area contributed by atoms with E-state index in [-0.39, 0.29) is 15.7 Å². The van der Waals surface area contributed by atoms with Gasteiger partial charge in [0.2, 0.25) is 0 Å². The molecule has 0 amide bonds. The first-order chi connectivity index (χ1) is 13.0. The van der Waals surface area contributed by atoms with Gasteiger partial charge in [0, 0.05) is 5.41 Å². The summed E-state index contributed by atoms with van der Waals surface area (Å²) in [6.45, 7) is 0. The van der Waals surface area contributed by atoms with Gasteiger partial charge in [-0.05, 0) is 66.9 Å². The van der Waals surface area contributed by atoms with Crippen LogP contribution in [0.3, 0.4) is 0 Å². The van der Waals surface area contributed by atoms with Crippen molar-refractivity contribution in [1.82, 2.24) is 0 Å². The Kier molecular flexibility index (Phi) is 3.97. The number of hydrogen-bond acceptors (Lipinski definition) is 1. The highest BCUT2D eigenvalue weighted by Crippen LogP contribution is 2.70. The molecule has 4 saturated carbocycles. The lowest BCUT2D eigenvalue weighted by molar-refractivity contribution is -0.0665. The summed E-state index contributed by atoms with van der Waals surface area (Å²) >= 11 is 13.1. The molecule has 4 fully saturated rings. The molecule has 3 heteroatoms. The quantitative estimate of drug-likeness (QED) is 0.535. The Morgan fingerprint density at radius 2 is 1.48 bits per heavy atom. The van der Waals surface area contributed by atoms with Crippen molar-refractivity contribution in [3.63, 3.8) is 0 Å². The Labute approximate surface area is 172 Å². The highest BCUT2D eigenvalue weighted by molar-refractivity contribution is 7.80. The predicted molar refractivity (Wildman–Crippen MR) is 116 cm³/mol. The van der Waals surface area contributed by atoms with Gasteiger partial charge in [-0.1, -0.05) is 72.9 Å². The Hall–Kier alpha value is -1.38. The zero-order chi connectivity index (χ0) is 18.7. The van der Waals surface area contributed by atoms with E-state index in [4.69, 9.17) is 29.6 Å². The average molecular weight is 396 g/mol. The Morgan fingerprint density at radius 3 is 2.04 bits per heavy atom. The van der Waals surface area contributed by atoms with Crippen LogP contribution in [0.5, 0.6) is 0 Å². The third-order valence-electron chi connectivity index (χ3n) is 7.81. The summed E-state index contributed by atoms with van der Waals surface area (Å²) in [5.74, 6) is 0.921. The van der Waals surface area contributed by atoms with E-state index in [0.717, 1.165) is 43.5 Å². The van der Waals surface area contributed by atoms with E-state index in [1.165, 1.54) is 11.1 Å². The van der Waals surface area contributed by atoms with Crippen molar-refractivity contribution < 1.29 is 0 Å². The molecule has 0 radical (unpaired) electrons. The van der Waals surface area contributed by atoms with Crippen LogP contribution < -0.4 is 5.73 Å². The minimum atomic E-state index is -0.172. The van der Waals surface area contributed by atoms with E-state index in [0.29, 0.717) is 11.8 Å². The van der Waals surface area contributed by atoms with Crippen LogP contribution >= 0.6 is 23.8 Å². The summed E-state index contributed by atoms with van der Waals surface area (Å²) in [5.41, 5.74) is 9.34. The standard InChI is InChI=1S/C24H26ClNS/c25-24(11-17-7-3-1-4-8-17)19-12-22(18-9-5-2-6-10-18)13-20(24)15-23(14-19,16-22)21(26)27/h1-10,19-20H,11-16H2,(H2,26,27). The fourth-order valence-electron chi connectivity index (χ4n) is 6.76. The van der Waals surface area contributed by atoms with Crippen LogP contribution in [0.15, 0.2) is 60.7 Å². The maximum atomic E-state index is 7.50. The van der Waals surface area contributed by atoms with Gasteiger partial charge in [0.1, 0.15) is 0 Å². The molecule has 2 N–H and O–H groups in total. The Balaban J connectivity index is 1.56. The van der Waals surface area contributed by atoms with Crippen molar-refractivity contribution in [2.45, 2.75) is 48.8 Å². The molecule has 2 aromatic rings. The molecule has 0 aliphatic heterocycles.